The first kappa shape index (κ1) is 17.8. The molecule has 0 fully saturated rings. The maximum atomic E-state index is 12.6. The van der Waals surface area contributed by atoms with Gasteiger partial charge in [0.2, 0.25) is 0 Å². The van der Waals surface area contributed by atoms with Crippen LogP contribution in [-0.4, -0.2) is 27.9 Å². The Morgan fingerprint density at radius 2 is 2.13 bits per heavy atom. The molecule has 1 aliphatic rings. The summed E-state index contributed by atoms with van der Waals surface area (Å²) in [5.74, 6) is -0.155. The molecular weight excluding hydrogens is 332 g/mol. The van der Waals surface area contributed by atoms with Crippen LogP contribution in [0.25, 0.3) is 0 Å². The highest BCUT2D eigenvalue weighted by atomic mass is 35.5. The zero-order chi connectivity index (χ0) is 15.5. The standard InChI is InChI=1S/C16H20N4OS.ClH/c1-10(2)22-14-6-4-3-5-13(14)18-16(21)15-11-9-17-8-7-12(11)19-20-15;/h3-6,10,17H,7-9H2,1-2H3,(H,18,21)(H,19,20);1H. The number of rotatable bonds is 4. The van der Waals surface area contributed by atoms with Gasteiger partial charge in [0.1, 0.15) is 0 Å². The van der Waals surface area contributed by atoms with E-state index in [9.17, 15) is 4.79 Å². The van der Waals surface area contributed by atoms with Gasteiger partial charge < -0.3 is 10.6 Å². The quantitative estimate of drug-likeness (QED) is 0.739. The number of halogens is 1. The molecule has 2 aromatic rings. The number of thioether (sulfide) groups is 1. The van der Waals surface area contributed by atoms with Gasteiger partial charge in [-0.2, -0.15) is 5.10 Å². The number of hydrogen-bond acceptors (Lipinski definition) is 4. The molecule has 0 aliphatic carbocycles. The Bertz CT molecular complexity index is 686. The van der Waals surface area contributed by atoms with Crippen molar-refractivity contribution in [1.29, 1.82) is 0 Å². The molecule has 3 N–H and O–H groups in total. The van der Waals surface area contributed by atoms with E-state index in [1.807, 2.05) is 24.3 Å². The summed E-state index contributed by atoms with van der Waals surface area (Å²) in [6.07, 6.45) is 0.884. The average Bonchev–Trinajstić information content (AvgIpc) is 2.93. The van der Waals surface area contributed by atoms with Crippen molar-refractivity contribution in [2.75, 3.05) is 11.9 Å². The monoisotopic (exact) mass is 352 g/mol. The van der Waals surface area contributed by atoms with Crippen LogP contribution in [0.15, 0.2) is 29.2 Å². The molecule has 124 valence electrons. The van der Waals surface area contributed by atoms with E-state index in [4.69, 9.17) is 0 Å². The molecule has 7 heteroatoms. The second kappa shape index (κ2) is 7.86. The summed E-state index contributed by atoms with van der Waals surface area (Å²) in [4.78, 5) is 13.6. The number of carbonyl (C=O) groups excluding carboxylic acids is 1. The molecule has 0 saturated heterocycles. The molecule has 23 heavy (non-hydrogen) atoms. The van der Waals surface area contributed by atoms with Crippen molar-refractivity contribution in [2.45, 2.75) is 37.0 Å². The fraction of sp³-hybridized carbons (Fsp3) is 0.375. The maximum Gasteiger partial charge on any atom is 0.276 e. The first-order chi connectivity index (χ1) is 10.6. The van der Waals surface area contributed by atoms with E-state index in [2.05, 4.69) is 34.7 Å². The van der Waals surface area contributed by atoms with Crippen molar-refractivity contribution in [2.24, 2.45) is 0 Å². The van der Waals surface area contributed by atoms with Gasteiger partial charge >= 0.3 is 0 Å². The van der Waals surface area contributed by atoms with E-state index < -0.39 is 0 Å². The van der Waals surface area contributed by atoms with Crippen molar-refractivity contribution in [3.05, 3.63) is 41.2 Å². The van der Waals surface area contributed by atoms with Crippen LogP contribution in [0.4, 0.5) is 5.69 Å². The van der Waals surface area contributed by atoms with Crippen LogP contribution in [0.1, 0.15) is 35.6 Å². The number of nitrogens with zero attached hydrogens (tertiary/aromatic N) is 1. The lowest BCUT2D eigenvalue weighted by molar-refractivity contribution is 0.102. The summed E-state index contributed by atoms with van der Waals surface area (Å²) in [7, 11) is 0. The van der Waals surface area contributed by atoms with Crippen LogP contribution in [0.5, 0.6) is 0 Å². The van der Waals surface area contributed by atoms with Crippen molar-refractivity contribution in [3.63, 3.8) is 0 Å². The third-order valence-corrected chi connectivity index (χ3v) is 4.60. The number of benzene rings is 1. The Morgan fingerprint density at radius 3 is 2.91 bits per heavy atom. The van der Waals surface area contributed by atoms with Gasteiger partial charge in [0.25, 0.3) is 5.91 Å². The van der Waals surface area contributed by atoms with E-state index in [1.165, 1.54) is 0 Å². The lowest BCUT2D eigenvalue weighted by atomic mass is 10.1. The highest BCUT2D eigenvalue weighted by Crippen LogP contribution is 2.30. The highest BCUT2D eigenvalue weighted by molar-refractivity contribution is 8.00. The number of para-hydroxylation sites is 1. The summed E-state index contributed by atoms with van der Waals surface area (Å²) in [5.41, 5.74) is 3.38. The number of nitrogens with one attached hydrogen (secondary N) is 3. The summed E-state index contributed by atoms with van der Waals surface area (Å²) >= 11 is 1.74. The molecule has 1 aromatic heterocycles. The average molecular weight is 353 g/mol. The summed E-state index contributed by atoms with van der Waals surface area (Å²) in [6, 6.07) is 7.88. The minimum absolute atomic E-state index is 0. The minimum atomic E-state index is -0.155. The summed E-state index contributed by atoms with van der Waals surface area (Å²) in [5, 5.41) is 13.9. The van der Waals surface area contributed by atoms with Crippen LogP contribution in [0.3, 0.4) is 0 Å². The van der Waals surface area contributed by atoms with Crippen molar-refractivity contribution < 1.29 is 4.79 Å². The van der Waals surface area contributed by atoms with Gasteiger partial charge in [-0.3, -0.25) is 9.89 Å². The van der Waals surface area contributed by atoms with Crippen LogP contribution in [0.2, 0.25) is 0 Å². The molecule has 5 nitrogen and oxygen atoms in total. The number of aromatic nitrogens is 2. The molecule has 1 aromatic carbocycles. The number of aromatic amines is 1. The highest BCUT2D eigenvalue weighted by Gasteiger charge is 2.22. The van der Waals surface area contributed by atoms with Crippen molar-refractivity contribution in [1.82, 2.24) is 15.5 Å². The lowest BCUT2D eigenvalue weighted by Gasteiger charge is -2.14. The van der Waals surface area contributed by atoms with Crippen LogP contribution in [-0.2, 0) is 13.0 Å². The topological polar surface area (TPSA) is 69.8 Å². The zero-order valence-electron chi connectivity index (χ0n) is 13.2. The van der Waals surface area contributed by atoms with E-state index in [0.29, 0.717) is 17.5 Å². The lowest BCUT2D eigenvalue weighted by Crippen LogP contribution is -2.25. The minimum Gasteiger partial charge on any atom is -0.320 e. The predicted octanol–water partition coefficient (Wildman–Crippen LogP) is 3.23. The fourth-order valence-electron chi connectivity index (χ4n) is 2.52. The van der Waals surface area contributed by atoms with Crippen molar-refractivity contribution >= 4 is 35.8 Å². The molecule has 1 amide bonds. The number of fused-ring (bicyclic) bond motifs is 1. The zero-order valence-corrected chi connectivity index (χ0v) is 14.8. The fourth-order valence-corrected chi connectivity index (χ4v) is 3.43. The Labute approximate surface area is 146 Å². The van der Waals surface area contributed by atoms with Gasteiger partial charge in [-0.1, -0.05) is 26.0 Å². The van der Waals surface area contributed by atoms with E-state index in [0.717, 1.165) is 34.8 Å². The van der Waals surface area contributed by atoms with Gasteiger partial charge in [0.15, 0.2) is 5.69 Å². The number of amides is 1. The third kappa shape index (κ3) is 4.07. The first-order valence-corrected chi connectivity index (χ1v) is 8.37. The first-order valence-electron chi connectivity index (χ1n) is 7.49. The molecule has 0 radical (unpaired) electrons. The Balaban J connectivity index is 0.00000192. The number of H-pyrrole nitrogens is 1. The van der Waals surface area contributed by atoms with Gasteiger partial charge in [-0.15, -0.1) is 24.2 Å². The molecular formula is C16H21ClN4OS. The van der Waals surface area contributed by atoms with E-state index in [1.54, 1.807) is 11.8 Å². The van der Waals surface area contributed by atoms with Crippen LogP contribution in [0, 0.1) is 0 Å². The molecule has 3 rings (SSSR count). The van der Waals surface area contributed by atoms with Gasteiger partial charge in [-0.05, 0) is 12.1 Å². The Hall–Kier alpha value is -1.50. The third-order valence-electron chi connectivity index (χ3n) is 3.52. The smallest absolute Gasteiger partial charge is 0.276 e. The SMILES string of the molecule is CC(C)Sc1ccccc1NC(=O)c1n[nH]c2c1CNCC2.Cl. The molecule has 0 atom stereocenters. The van der Waals surface area contributed by atoms with Crippen LogP contribution >= 0.6 is 24.2 Å². The normalized spacial score (nSPS) is 13.3. The second-order valence-electron chi connectivity index (χ2n) is 5.57. The molecule has 0 spiro atoms. The molecule has 0 bridgehead atoms. The number of carbonyl (C=O) groups is 1. The Kier molecular flexibility index (Phi) is 6.10. The summed E-state index contributed by atoms with van der Waals surface area (Å²) in [6.45, 7) is 5.89. The molecule has 0 unspecified atom stereocenters. The molecule has 0 saturated carbocycles. The number of anilines is 1. The van der Waals surface area contributed by atoms with Gasteiger partial charge in [0.05, 0.1) is 5.69 Å². The second-order valence-corrected chi connectivity index (χ2v) is 7.19. The molecule has 1 aliphatic heterocycles. The summed E-state index contributed by atoms with van der Waals surface area (Å²) < 4.78 is 0. The van der Waals surface area contributed by atoms with Gasteiger partial charge in [-0.25, -0.2) is 0 Å². The van der Waals surface area contributed by atoms with E-state index in [-0.39, 0.29) is 18.3 Å². The van der Waals surface area contributed by atoms with Crippen LogP contribution < -0.4 is 10.6 Å². The maximum absolute atomic E-state index is 12.6. The largest absolute Gasteiger partial charge is 0.320 e. The van der Waals surface area contributed by atoms with E-state index >= 15 is 0 Å². The predicted molar refractivity (Wildman–Crippen MR) is 96.6 cm³/mol. The van der Waals surface area contributed by atoms with Crippen molar-refractivity contribution in [3.8, 4) is 0 Å². The Morgan fingerprint density at radius 1 is 1.35 bits per heavy atom. The number of hydrogen-bond donors (Lipinski definition) is 3. The molecule has 2 heterocycles. The van der Waals surface area contributed by atoms with Gasteiger partial charge in [0, 0.05) is 40.9 Å².